The first-order valence-electron chi connectivity index (χ1n) is 9.44. The van der Waals surface area contributed by atoms with Gasteiger partial charge in [-0.05, 0) is 42.0 Å². The minimum absolute atomic E-state index is 0.0681. The molecule has 1 atom stereocenters. The van der Waals surface area contributed by atoms with Crippen LogP contribution in [0.3, 0.4) is 0 Å². The molecule has 0 saturated carbocycles. The summed E-state index contributed by atoms with van der Waals surface area (Å²) in [5, 5.41) is 3.55. The molecule has 3 aromatic rings. The Morgan fingerprint density at radius 2 is 1.84 bits per heavy atom. The van der Waals surface area contributed by atoms with Gasteiger partial charge < -0.3 is 14.6 Å². The summed E-state index contributed by atoms with van der Waals surface area (Å²) < 4.78 is 33.7. The van der Waals surface area contributed by atoms with Gasteiger partial charge in [-0.3, -0.25) is 4.79 Å². The lowest BCUT2D eigenvalue weighted by Crippen LogP contribution is -2.31. The van der Waals surface area contributed by atoms with Crippen LogP contribution in [0.1, 0.15) is 27.8 Å². The maximum Gasteiger partial charge on any atom is 0.252 e. The van der Waals surface area contributed by atoms with E-state index in [0.29, 0.717) is 16.4 Å². The van der Waals surface area contributed by atoms with E-state index in [1.165, 1.54) is 31.4 Å². The van der Waals surface area contributed by atoms with Crippen LogP contribution in [0.5, 0.6) is 0 Å². The van der Waals surface area contributed by atoms with Crippen LogP contribution in [0.2, 0.25) is 5.02 Å². The average molecular weight is 463 g/mol. The lowest BCUT2D eigenvalue weighted by atomic mass is 10.1. The number of nitrogens with zero attached hydrogens (tertiary/aromatic N) is 2. The maximum atomic E-state index is 12.9. The highest BCUT2D eigenvalue weighted by atomic mass is 35.5. The van der Waals surface area contributed by atoms with Crippen molar-refractivity contribution >= 4 is 27.5 Å². The molecule has 0 bridgehead atoms. The summed E-state index contributed by atoms with van der Waals surface area (Å²) in [7, 11) is -0.343. The van der Waals surface area contributed by atoms with E-state index in [1.54, 1.807) is 24.5 Å². The molecule has 1 heterocycles. The Morgan fingerprint density at radius 3 is 2.42 bits per heavy atom. The van der Waals surface area contributed by atoms with Crippen molar-refractivity contribution in [3.8, 4) is 0 Å². The van der Waals surface area contributed by atoms with Crippen molar-refractivity contribution in [2.45, 2.75) is 10.9 Å². The van der Waals surface area contributed by atoms with Crippen LogP contribution in [0.25, 0.3) is 0 Å². The van der Waals surface area contributed by atoms with Crippen molar-refractivity contribution in [2.24, 2.45) is 7.05 Å². The molecule has 2 aromatic carbocycles. The van der Waals surface area contributed by atoms with Crippen molar-refractivity contribution < 1.29 is 17.9 Å². The van der Waals surface area contributed by atoms with Gasteiger partial charge >= 0.3 is 0 Å². The maximum absolute atomic E-state index is 12.9. The molecule has 0 aliphatic rings. The second-order valence-corrected chi connectivity index (χ2v) is 8.97. The van der Waals surface area contributed by atoms with Gasteiger partial charge in [0.2, 0.25) is 10.0 Å². The molecular formula is C21H23ClN4O4S. The quantitative estimate of drug-likeness (QED) is 0.476. The predicted molar refractivity (Wildman–Crippen MR) is 117 cm³/mol. The first-order valence-corrected chi connectivity index (χ1v) is 11.3. The van der Waals surface area contributed by atoms with E-state index in [-0.39, 0.29) is 24.0 Å². The Bertz CT molecular complexity index is 1130. The van der Waals surface area contributed by atoms with Gasteiger partial charge in [0.05, 0.1) is 11.5 Å². The highest BCUT2D eigenvalue weighted by molar-refractivity contribution is 7.89. The molecule has 0 radical (unpaired) electrons. The molecule has 0 fully saturated rings. The van der Waals surface area contributed by atoms with E-state index >= 15 is 0 Å². The molecule has 1 amide bonds. The number of carbonyl (C=O) groups excluding carboxylic acids is 1. The highest BCUT2D eigenvalue weighted by Crippen LogP contribution is 2.23. The minimum Gasteiger partial charge on any atom is -0.383 e. The molecule has 1 aromatic heterocycles. The summed E-state index contributed by atoms with van der Waals surface area (Å²) in [6, 6.07) is 12.3. The van der Waals surface area contributed by atoms with Crippen molar-refractivity contribution in [3.05, 3.63) is 82.9 Å². The van der Waals surface area contributed by atoms with Crippen LogP contribution in [0, 0.1) is 0 Å². The first-order chi connectivity index (χ1) is 14.8. The topological polar surface area (TPSA) is 102 Å². The summed E-state index contributed by atoms with van der Waals surface area (Å²) in [5.74, 6) is 0.288. The molecule has 8 nitrogen and oxygen atoms in total. The molecule has 0 aliphatic heterocycles. The monoisotopic (exact) mass is 462 g/mol. The standard InChI is InChI=1S/C21H23ClN4O4S/c1-26-13-11-23-20(26)19(15-3-7-17(22)8-4-15)25-21(27)16-5-9-18(10-6-16)31(28,29)24-12-14-30-2/h3-11,13,19,24H,12,14H2,1-2H3,(H,25,27)/t19-/m1/s1. The van der Waals surface area contributed by atoms with Gasteiger partial charge in [-0.25, -0.2) is 18.1 Å². The van der Waals surface area contributed by atoms with E-state index in [2.05, 4.69) is 15.0 Å². The van der Waals surface area contributed by atoms with Gasteiger partial charge in [0.1, 0.15) is 11.9 Å². The molecule has 31 heavy (non-hydrogen) atoms. The number of sulfonamides is 1. The fourth-order valence-electron chi connectivity index (χ4n) is 2.97. The van der Waals surface area contributed by atoms with Crippen LogP contribution >= 0.6 is 11.6 Å². The SMILES string of the molecule is COCCNS(=O)(=O)c1ccc(C(=O)N[C@H](c2ccc(Cl)cc2)c2nccn2C)cc1. The third-order valence-corrected chi connectivity index (χ3v) is 6.35. The lowest BCUT2D eigenvalue weighted by molar-refractivity contribution is 0.0941. The molecule has 0 aliphatic carbocycles. The van der Waals surface area contributed by atoms with Crippen molar-refractivity contribution in [1.82, 2.24) is 19.6 Å². The number of methoxy groups -OCH3 is 1. The zero-order chi connectivity index (χ0) is 22.4. The Kier molecular flexibility index (Phi) is 7.45. The predicted octanol–water partition coefficient (Wildman–Crippen LogP) is 2.52. The fourth-order valence-corrected chi connectivity index (χ4v) is 4.11. The van der Waals surface area contributed by atoms with Gasteiger partial charge in [0, 0.05) is 43.7 Å². The summed E-state index contributed by atoms with van der Waals surface area (Å²) in [5.41, 5.74) is 1.14. The number of halogens is 1. The van der Waals surface area contributed by atoms with Crippen LogP contribution in [-0.4, -0.2) is 44.1 Å². The average Bonchev–Trinajstić information content (AvgIpc) is 3.18. The Hall–Kier alpha value is -2.72. The van der Waals surface area contributed by atoms with Gasteiger partial charge in [0.25, 0.3) is 5.91 Å². The minimum atomic E-state index is -3.67. The number of imidazole rings is 1. The van der Waals surface area contributed by atoms with Crippen LogP contribution < -0.4 is 10.0 Å². The molecular weight excluding hydrogens is 440 g/mol. The number of hydrogen-bond donors (Lipinski definition) is 2. The summed E-state index contributed by atoms with van der Waals surface area (Å²) in [4.78, 5) is 17.3. The van der Waals surface area contributed by atoms with Crippen molar-refractivity contribution in [1.29, 1.82) is 0 Å². The second-order valence-electron chi connectivity index (χ2n) is 6.77. The van der Waals surface area contributed by atoms with Crippen LogP contribution in [-0.2, 0) is 21.8 Å². The van der Waals surface area contributed by atoms with Crippen molar-refractivity contribution in [3.63, 3.8) is 0 Å². The number of rotatable bonds is 9. The van der Waals surface area contributed by atoms with E-state index in [9.17, 15) is 13.2 Å². The fraction of sp³-hybridized carbons (Fsp3) is 0.238. The van der Waals surface area contributed by atoms with E-state index in [0.717, 1.165) is 5.56 Å². The van der Waals surface area contributed by atoms with Crippen molar-refractivity contribution in [2.75, 3.05) is 20.3 Å². The first kappa shape index (κ1) is 23.0. The highest BCUT2D eigenvalue weighted by Gasteiger charge is 2.22. The summed E-state index contributed by atoms with van der Waals surface area (Å²) in [6.07, 6.45) is 3.45. The zero-order valence-electron chi connectivity index (χ0n) is 17.1. The molecule has 164 valence electrons. The third-order valence-electron chi connectivity index (χ3n) is 4.62. The number of benzene rings is 2. The number of amides is 1. The Labute approximate surface area is 186 Å². The molecule has 10 heteroatoms. The number of hydrogen-bond acceptors (Lipinski definition) is 5. The van der Waals surface area contributed by atoms with Gasteiger partial charge in [-0.15, -0.1) is 0 Å². The molecule has 2 N–H and O–H groups in total. The normalized spacial score (nSPS) is 12.5. The van der Waals surface area contributed by atoms with Gasteiger partial charge in [0.15, 0.2) is 0 Å². The van der Waals surface area contributed by atoms with Crippen LogP contribution in [0.4, 0.5) is 0 Å². The molecule has 0 unspecified atom stereocenters. The Balaban J connectivity index is 1.80. The smallest absolute Gasteiger partial charge is 0.252 e. The largest absolute Gasteiger partial charge is 0.383 e. The number of aromatic nitrogens is 2. The van der Waals surface area contributed by atoms with Gasteiger partial charge in [-0.1, -0.05) is 23.7 Å². The summed E-state index contributed by atoms with van der Waals surface area (Å²) >= 11 is 6.00. The number of carbonyl (C=O) groups is 1. The van der Waals surface area contributed by atoms with E-state index in [1.807, 2.05) is 23.7 Å². The van der Waals surface area contributed by atoms with E-state index in [4.69, 9.17) is 16.3 Å². The number of ether oxygens (including phenoxy) is 1. The summed E-state index contributed by atoms with van der Waals surface area (Å²) in [6.45, 7) is 0.423. The molecule has 3 rings (SSSR count). The number of nitrogens with one attached hydrogen (secondary N) is 2. The number of aryl methyl sites for hydroxylation is 1. The second kappa shape index (κ2) is 10.1. The molecule has 0 spiro atoms. The Morgan fingerprint density at radius 1 is 1.16 bits per heavy atom. The van der Waals surface area contributed by atoms with Gasteiger partial charge in [-0.2, -0.15) is 0 Å². The lowest BCUT2D eigenvalue weighted by Gasteiger charge is -2.19. The zero-order valence-corrected chi connectivity index (χ0v) is 18.7. The van der Waals surface area contributed by atoms with E-state index < -0.39 is 16.1 Å². The molecule has 0 saturated heterocycles. The van der Waals surface area contributed by atoms with Crippen LogP contribution in [0.15, 0.2) is 65.8 Å². The third kappa shape index (κ3) is 5.71.